The number of nitriles is 1. The predicted molar refractivity (Wildman–Crippen MR) is 161 cm³/mol. The molecule has 4 aliphatic rings. The van der Waals surface area contributed by atoms with Crippen LogP contribution in [0.5, 0.6) is 23.0 Å². The summed E-state index contributed by atoms with van der Waals surface area (Å²) in [6, 6.07) is 3.28. The van der Waals surface area contributed by atoms with Gasteiger partial charge < -0.3 is 23.7 Å². The van der Waals surface area contributed by atoms with Crippen LogP contribution in [0.1, 0.15) is 70.8 Å². The van der Waals surface area contributed by atoms with Crippen molar-refractivity contribution >= 4 is 23.5 Å². The summed E-state index contributed by atoms with van der Waals surface area (Å²) in [6.07, 6.45) is 2.08. The van der Waals surface area contributed by atoms with Crippen LogP contribution in [0, 0.1) is 32.1 Å². The van der Waals surface area contributed by atoms with E-state index in [1.807, 2.05) is 13.8 Å². The number of fused-ring (bicyclic) bond motifs is 9. The molecule has 0 aliphatic carbocycles. The largest absolute Gasteiger partial charge is 0.496 e. The highest BCUT2D eigenvalue weighted by molar-refractivity contribution is 6.26. The average molecular weight is 624 g/mol. The molecule has 234 valence electrons. The zero-order chi connectivity index (χ0) is 31.4. The molecule has 0 aromatic heterocycles. The Balaban J connectivity index is 1.60. The zero-order valence-electron chi connectivity index (χ0n) is 26.0. The molecule has 0 radical (unpaired) electrons. The monoisotopic (exact) mass is 623 g/mol. The van der Waals surface area contributed by atoms with Gasteiger partial charge in [-0.1, -0.05) is 13.0 Å². The molecular formula is C33H38ClN3O7. The molecule has 4 heterocycles. The number of halogens is 1. The minimum absolute atomic E-state index is 0.00265. The van der Waals surface area contributed by atoms with Gasteiger partial charge in [-0.2, -0.15) is 5.26 Å². The number of nitrogens with zero attached hydrogens (tertiary/aromatic N) is 3. The number of esters is 2. The molecule has 44 heavy (non-hydrogen) atoms. The molecule has 0 amide bonds. The standard InChI is InChI=1S/C33H38ClN3O7/c1-7-8-25(38)41-14-24-28-20(31(44-26(39)12-34)18(4)32-33(28)43-15-42-32)11-22-29-27-17(3)30(40-6)16(2)9-19(27)10-21(36(29)5)23(13-35)37(22)24/h9,21-24,29H,7-8,10-12,14-15H2,1-6H3/t21-,22?,23-,24-,29-/m0/s1. The zero-order valence-corrected chi connectivity index (χ0v) is 26.7. The topological polar surface area (TPSA) is 111 Å². The number of rotatable bonds is 7. The smallest absolute Gasteiger partial charge is 0.326 e. The molecule has 0 spiro atoms. The van der Waals surface area contributed by atoms with Crippen LogP contribution in [0.25, 0.3) is 0 Å². The van der Waals surface area contributed by atoms with Gasteiger partial charge in [0.1, 0.15) is 30.0 Å². The number of carbonyl (C=O) groups excluding carboxylic acids is 2. The van der Waals surface area contributed by atoms with Crippen LogP contribution in [0.4, 0.5) is 0 Å². The van der Waals surface area contributed by atoms with Crippen molar-refractivity contribution in [2.75, 3.05) is 33.4 Å². The van der Waals surface area contributed by atoms with Crippen molar-refractivity contribution in [3.8, 4) is 29.1 Å². The summed E-state index contributed by atoms with van der Waals surface area (Å²) in [5.41, 5.74) is 6.66. The summed E-state index contributed by atoms with van der Waals surface area (Å²) in [7, 11) is 3.77. The fraction of sp³-hybridized carbons (Fsp3) is 0.545. The Kier molecular flexibility index (Phi) is 8.16. The minimum Gasteiger partial charge on any atom is -0.496 e. The lowest BCUT2D eigenvalue weighted by molar-refractivity contribution is -0.149. The van der Waals surface area contributed by atoms with Gasteiger partial charge in [-0.05, 0) is 69.3 Å². The van der Waals surface area contributed by atoms with Crippen LogP contribution >= 0.6 is 11.6 Å². The maximum atomic E-state index is 12.7. The van der Waals surface area contributed by atoms with Gasteiger partial charge in [0.2, 0.25) is 6.79 Å². The summed E-state index contributed by atoms with van der Waals surface area (Å²) in [4.78, 5) is 29.9. The van der Waals surface area contributed by atoms with E-state index in [1.165, 1.54) is 11.1 Å². The second-order valence-electron chi connectivity index (χ2n) is 12.1. The van der Waals surface area contributed by atoms with Crippen LogP contribution in [0.15, 0.2) is 6.07 Å². The van der Waals surface area contributed by atoms with E-state index in [9.17, 15) is 14.9 Å². The van der Waals surface area contributed by atoms with Crippen LogP contribution in [0.2, 0.25) is 0 Å². The Morgan fingerprint density at radius 3 is 2.50 bits per heavy atom. The van der Waals surface area contributed by atoms with E-state index in [0.717, 1.165) is 28.0 Å². The molecule has 2 aromatic rings. The van der Waals surface area contributed by atoms with Crippen molar-refractivity contribution in [2.24, 2.45) is 0 Å². The molecule has 2 bridgehead atoms. The van der Waals surface area contributed by atoms with Crippen molar-refractivity contribution in [2.45, 2.75) is 83.6 Å². The molecule has 1 saturated heterocycles. The SMILES string of the molecule is CCCC(=O)OC[C@H]1c2c(c(OC(=O)CCl)c(C)c3c2OCO3)CC2[C@H]3c4c(cc(C)c(OC)c4C)C[C@@H]([C@H](C#N)N21)N3C. The highest BCUT2D eigenvalue weighted by Gasteiger charge is 2.56. The van der Waals surface area contributed by atoms with Crippen LogP contribution in [-0.2, 0) is 27.2 Å². The maximum absolute atomic E-state index is 12.7. The normalized spacial score (nSPS) is 24.9. The highest BCUT2D eigenvalue weighted by atomic mass is 35.5. The average Bonchev–Trinajstić information content (AvgIpc) is 3.49. The number of ether oxygens (including phenoxy) is 5. The van der Waals surface area contributed by atoms with E-state index in [4.69, 9.17) is 35.3 Å². The lowest BCUT2D eigenvalue weighted by atomic mass is 9.71. The van der Waals surface area contributed by atoms with E-state index in [1.54, 1.807) is 7.11 Å². The summed E-state index contributed by atoms with van der Waals surface area (Å²) >= 11 is 5.90. The molecule has 1 fully saturated rings. The number of hydrogen-bond donors (Lipinski definition) is 0. The van der Waals surface area contributed by atoms with Gasteiger partial charge in [-0.15, -0.1) is 11.6 Å². The predicted octanol–water partition coefficient (Wildman–Crippen LogP) is 4.61. The van der Waals surface area contributed by atoms with Crippen molar-refractivity contribution < 1.29 is 33.3 Å². The first kappa shape index (κ1) is 30.5. The molecule has 0 saturated carbocycles. The Morgan fingerprint density at radius 1 is 1.07 bits per heavy atom. The third-order valence-corrected chi connectivity index (χ3v) is 9.94. The summed E-state index contributed by atoms with van der Waals surface area (Å²) in [6.45, 7) is 7.92. The lowest BCUT2D eigenvalue weighted by Gasteiger charge is -2.60. The van der Waals surface area contributed by atoms with E-state index in [2.05, 4.69) is 42.8 Å². The van der Waals surface area contributed by atoms with Crippen LogP contribution < -0.4 is 18.9 Å². The summed E-state index contributed by atoms with van der Waals surface area (Å²) in [5, 5.41) is 10.8. The number of piperazine rings is 1. The second-order valence-corrected chi connectivity index (χ2v) is 12.3. The first-order chi connectivity index (χ1) is 21.2. The molecular weight excluding hydrogens is 586 g/mol. The molecule has 11 heteroatoms. The van der Waals surface area contributed by atoms with Crippen LogP contribution in [0.3, 0.4) is 0 Å². The first-order valence-electron chi connectivity index (χ1n) is 15.1. The van der Waals surface area contributed by atoms with Gasteiger partial charge in [-0.3, -0.25) is 19.4 Å². The van der Waals surface area contributed by atoms with Crippen molar-refractivity contribution in [1.82, 2.24) is 9.80 Å². The molecule has 0 N–H and O–H groups in total. The van der Waals surface area contributed by atoms with Crippen molar-refractivity contribution in [1.29, 1.82) is 5.26 Å². The van der Waals surface area contributed by atoms with Gasteiger partial charge in [0.05, 0.1) is 25.3 Å². The second kappa shape index (κ2) is 11.8. The summed E-state index contributed by atoms with van der Waals surface area (Å²) < 4.78 is 29.6. The van der Waals surface area contributed by atoms with Gasteiger partial charge in [0.25, 0.3) is 0 Å². The molecule has 1 unspecified atom stereocenters. The number of benzene rings is 2. The van der Waals surface area contributed by atoms with Gasteiger partial charge in [0.15, 0.2) is 11.5 Å². The lowest BCUT2D eigenvalue weighted by Crippen LogP contribution is -2.68. The Hall–Kier alpha value is -3.52. The number of likely N-dealkylation sites (N-methyl/N-ethyl adjacent to an activating group) is 1. The van der Waals surface area contributed by atoms with Gasteiger partial charge in [-0.25, -0.2) is 0 Å². The van der Waals surface area contributed by atoms with E-state index >= 15 is 0 Å². The maximum Gasteiger partial charge on any atom is 0.326 e. The van der Waals surface area contributed by atoms with Crippen LogP contribution in [-0.4, -0.2) is 73.3 Å². The molecule has 2 aromatic carbocycles. The fourth-order valence-electron chi connectivity index (χ4n) is 8.05. The highest BCUT2D eigenvalue weighted by Crippen LogP contribution is 2.57. The van der Waals surface area contributed by atoms with Gasteiger partial charge in [0, 0.05) is 35.2 Å². The Bertz CT molecular complexity index is 1570. The number of methoxy groups -OCH3 is 1. The molecule has 4 aliphatic heterocycles. The van der Waals surface area contributed by atoms with Crippen molar-refractivity contribution in [3.63, 3.8) is 0 Å². The Labute approximate surface area is 262 Å². The quantitative estimate of drug-likeness (QED) is 0.246. The minimum atomic E-state index is -0.584. The third-order valence-electron chi connectivity index (χ3n) is 9.72. The number of alkyl halides is 1. The molecule has 5 atom stereocenters. The number of hydrogen-bond acceptors (Lipinski definition) is 10. The van der Waals surface area contributed by atoms with Gasteiger partial charge >= 0.3 is 11.9 Å². The molecule has 6 rings (SSSR count). The van der Waals surface area contributed by atoms with Crippen molar-refractivity contribution in [3.05, 3.63) is 45.0 Å². The number of carbonyl (C=O) groups is 2. The van der Waals surface area contributed by atoms with E-state index in [-0.39, 0.29) is 49.8 Å². The van der Waals surface area contributed by atoms with E-state index < -0.39 is 18.1 Å². The Morgan fingerprint density at radius 2 is 1.82 bits per heavy atom. The first-order valence-corrected chi connectivity index (χ1v) is 15.6. The fourth-order valence-corrected chi connectivity index (χ4v) is 8.11. The number of aryl methyl sites for hydroxylation is 1. The molecule has 10 nitrogen and oxygen atoms in total. The third kappa shape index (κ3) is 4.59. The van der Waals surface area contributed by atoms with E-state index in [0.29, 0.717) is 42.1 Å². The summed E-state index contributed by atoms with van der Waals surface area (Å²) in [5.74, 6) is 1.04.